The van der Waals surface area contributed by atoms with Crippen molar-refractivity contribution in [2.75, 3.05) is 5.32 Å². The molecule has 19 heavy (non-hydrogen) atoms. The van der Waals surface area contributed by atoms with E-state index in [4.69, 9.17) is 5.11 Å². The van der Waals surface area contributed by atoms with Gasteiger partial charge < -0.3 is 15.7 Å². The molecular weight excluding hydrogens is 319 g/mol. The number of amides is 2. The van der Waals surface area contributed by atoms with Gasteiger partial charge in [-0.05, 0) is 32.0 Å². The average molecular weight is 333 g/mol. The van der Waals surface area contributed by atoms with Gasteiger partial charge in [-0.25, -0.2) is 9.18 Å². The van der Waals surface area contributed by atoms with Crippen LogP contribution in [-0.2, 0) is 4.79 Å². The zero-order chi connectivity index (χ0) is 14.6. The van der Waals surface area contributed by atoms with Crippen molar-refractivity contribution in [2.24, 2.45) is 0 Å². The van der Waals surface area contributed by atoms with Crippen molar-refractivity contribution in [3.05, 3.63) is 28.5 Å². The second kappa shape index (κ2) is 6.01. The van der Waals surface area contributed by atoms with Crippen molar-refractivity contribution in [1.29, 1.82) is 0 Å². The molecule has 0 fully saturated rings. The first-order valence-corrected chi connectivity index (χ1v) is 6.25. The monoisotopic (exact) mass is 332 g/mol. The Kier molecular flexibility index (Phi) is 4.88. The second-order valence-electron chi connectivity index (χ2n) is 4.66. The van der Waals surface area contributed by atoms with Crippen LogP contribution in [-0.4, -0.2) is 22.6 Å². The highest BCUT2D eigenvalue weighted by Gasteiger charge is 2.24. The van der Waals surface area contributed by atoms with Gasteiger partial charge in [0, 0.05) is 10.0 Å². The zero-order valence-corrected chi connectivity index (χ0v) is 12.0. The standard InChI is InChI=1S/C12H14BrFN2O3/c1-12(2,6-10(17)18)16-11(19)15-9-4-3-7(13)5-8(9)14/h3-5H,6H2,1-2H3,(H,17,18)(H2,15,16,19). The summed E-state index contributed by atoms with van der Waals surface area (Å²) in [6.45, 7) is 3.14. The van der Waals surface area contributed by atoms with Gasteiger partial charge in [0.15, 0.2) is 0 Å². The number of carbonyl (C=O) groups is 2. The van der Waals surface area contributed by atoms with E-state index < -0.39 is 23.4 Å². The number of carboxylic acid groups (broad SMARTS) is 1. The van der Waals surface area contributed by atoms with Crippen LogP contribution in [0, 0.1) is 5.82 Å². The highest BCUT2D eigenvalue weighted by Crippen LogP contribution is 2.19. The van der Waals surface area contributed by atoms with Crippen molar-refractivity contribution in [3.8, 4) is 0 Å². The Morgan fingerprint density at radius 1 is 1.42 bits per heavy atom. The third-order valence-corrected chi connectivity index (χ3v) is 2.72. The molecule has 0 aliphatic rings. The van der Waals surface area contributed by atoms with Gasteiger partial charge in [0.2, 0.25) is 0 Å². The maximum absolute atomic E-state index is 13.5. The summed E-state index contributed by atoms with van der Waals surface area (Å²) in [5.41, 5.74) is -0.909. The molecule has 2 amide bonds. The van der Waals surface area contributed by atoms with Gasteiger partial charge in [-0.2, -0.15) is 0 Å². The minimum Gasteiger partial charge on any atom is -0.481 e. The van der Waals surface area contributed by atoms with Crippen molar-refractivity contribution < 1.29 is 19.1 Å². The predicted octanol–water partition coefficient (Wildman–Crippen LogP) is 2.96. The molecule has 0 saturated heterocycles. The molecule has 1 rings (SSSR count). The minimum atomic E-state index is -1.03. The summed E-state index contributed by atoms with van der Waals surface area (Å²) in [5.74, 6) is -1.61. The van der Waals surface area contributed by atoms with Crippen LogP contribution in [0.1, 0.15) is 20.3 Å². The van der Waals surface area contributed by atoms with E-state index in [2.05, 4.69) is 26.6 Å². The lowest BCUT2D eigenvalue weighted by Gasteiger charge is -2.24. The normalized spacial score (nSPS) is 10.9. The van der Waals surface area contributed by atoms with Crippen LogP contribution in [0.2, 0.25) is 0 Å². The molecule has 0 unspecified atom stereocenters. The molecule has 0 radical (unpaired) electrons. The first-order chi connectivity index (χ1) is 8.69. The fourth-order valence-electron chi connectivity index (χ4n) is 1.47. The first kappa shape index (κ1) is 15.4. The molecule has 1 aromatic carbocycles. The van der Waals surface area contributed by atoms with Crippen LogP contribution in [0.15, 0.2) is 22.7 Å². The van der Waals surface area contributed by atoms with E-state index in [1.54, 1.807) is 19.9 Å². The van der Waals surface area contributed by atoms with Crippen LogP contribution >= 0.6 is 15.9 Å². The summed E-state index contributed by atoms with van der Waals surface area (Å²) in [6, 6.07) is 3.55. The molecule has 0 aliphatic carbocycles. The highest BCUT2D eigenvalue weighted by molar-refractivity contribution is 9.10. The van der Waals surface area contributed by atoms with Gasteiger partial charge in [-0.1, -0.05) is 15.9 Å². The number of urea groups is 1. The second-order valence-corrected chi connectivity index (χ2v) is 5.57. The molecule has 104 valence electrons. The first-order valence-electron chi connectivity index (χ1n) is 5.45. The number of halogens is 2. The lowest BCUT2D eigenvalue weighted by atomic mass is 10.0. The van der Waals surface area contributed by atoms with Gasteiger partial charge in [-0.15, -0.1) is 0 Å². The summed E-state index contributed by atoms with van der Waals surface area (Å²) in [5, 5.41) is 13.5. The fraction of sp³-hybridized carbons (Fsp3) is 0.333. The number of hydrogen-bond acceptors (Lipinski definition) is 2. The number of anilines is 1. The maximum Gasteiger partial charge on any atom is 0.319 e. The van der Waals surface area contributed by atoms with E-state index >= 15 is 0 Å². The van der Waals surface area contributed by atoms with Crippen molar-refractivity contribution in [1.82, 2.24) is 5.32 Å². The molecule has 5 nitrogen and oxygen atoms in total. The molecule has 0 bridgehead atoms. The largest absolute Gasteiger partial charge is 0.481 e. The molecule has 0 saturated carbocycles. The Balaban J connectivity index is 2.67. The zero-order valence-electron chi connectivity index (χ0n) is 10.5. The van der Waals surface area contributed by atoms with E-state index in [-0.39, 0.29) is 12.1 Å². The van der Waals surface area contributed by atoms with Crippen molar-refractivity contribution in [2.45, 2.75) is 25.8 Å². The topological polar surface area (TPSA) is 78.4 Å². The third kappa shape index (κ3) is 5.25. The van der Waals surface area contributed by atoms with E-state index in [0.717, 1.165) is 0 Å². The number of nitrogens with one attached hydrogen (secondary N) is 2. The minimum absolute atomic E-state index is 0.0202. The highest BCUT2D eigenvalue weighted by atomic mass is 79.9. The molecule has 0 aliphatic heterocycles. The summed E-state index contributed by atoms with van der Waals surface area (Å²) in [4.78, 5) is 22.3. The molecule has 0 aromatic heterocycles. The Morgan fingerprint density at radius 3 is 2.58 bits per heavy atom. The average Bonchev–Trinajstić information content (AvgIpc) is 2.19. The molecular formula is C12H14BrFN2O3. The number of carboxylic acids is 1. The maximum atomic E-state index is 13.5. The number of hydrogen-bond donors (Lipinski definition) is 3. The Bertz CT molecular complexity index is 506. The molecule has 7 heteroatoms. The van der Waals surface area contributed by atoms with Crippen molar-refractivity contribution >= 4 is 33.6 Å². The molecule has 3 N–H and O–H groups in total. The van der Waals surface area contributed by atoms with Gasteiger partial charge in [0.25, 0.3) is 0 Å². The molecule has 0 spiro atoms. The number of aliphatic carboxylic acids is 1. The lowest BCUT2D eigenvalue weighted by Crippen LogP contribution is -2.46. The fourth-order valence-corrected chi connectivity index (χ4v) is 1.81. The van der Waals surface area contributed by atoms with E-state index in [1.165, 1.54) is 12.1 Å². The molecule has 1 aromatic rings. The number of rotatable bonds is 4. The van der Waals surface area contributed by atoms with Gasteiger partial charge in [0.1, 0.15) is 5.82 Å². The SMILES string of the molecule is CC(C)(CC(=O)O)NC(=O)Nc1ccc(Br)cc1F. The molecule has 0 atom stereocenters. The third-order valence-electron chi connectivity index (χ3n) is 2.22. The molecule has 0 heterocycles. The van der Waals surface area contributed by atoms with Gasteiger partial charge in [-0.3, -0.25) is 4.79 Å². The summed E-state index contributed by atoms with van der Waals surface area (Å²) in [7, 11) is 0. The van der Waals surface area contributed by atoms with Crippen LogP contribution < -0.4 is 10.6 Å². The summed E-state index contributed by atoms with van der Waals surface area (Å²) < 4.78 is 14.0. The van der Waals surface area contributed by atoms with Crippen LogP contribution in [0.5, 0.6) is 0 Å². The van der Waals surface area contributed by atoms with Crippen molar-refractivity contribution in [3.63, 3.8) is 0 Å². The quantitative estimate of drug-likeness (QED) is 0.793. The van der Waals surface area contributed by atoms with E-state index in [1.807, 2.05) is 0 Å². The van der Waals surface area contributed by atoms with Crippen LogP contribution in [0.4, 0.5) is 14.9 Å². The Hall–Kier alpha value is -1.63. The summed E-state index contributed by atoms with van der Waals surface area (Å²) in [6.07, 6.45) is -0.233. The smallest absolute Gasteiger partial charge is 0.319 e. The van der Waals surface area contributed by atoms with Gasteiger partial charge in [0.05, 0.1) is 12.1 Å². The van der Waals surface area contributed by atoms with E-state index in [0.29, 0.717) is 4.47 Å². The van der Waals surface area contributed by atoms with Crippen LogP contribution in [0.3, 0.4) is 0 Å². The summed E-state index contributed by atoms with van der Waals surface area (Å²) >= 11 is 3.10. The Labute approximate surface area is 118 Å². The van der Waals surface area contributed by atoms with E-state index in [9.17, 15) is 14.0 Å². The number of benzene rings is 1. The lowest BCUT2D eigenvalue weighted by molar-refractivity contribution is -0.138. The number of carbonyl (C=O) groups excluding carboxylic acids is 1. The predicted molar refractivity (Wildman–Crippen MR) is 72.6 cm³/mol. The van der Waals surface area contributed by atoms with Gasteiger partial charge >= 0.3 is 12.0 Å². The van der Waals surface area contributed by atoms with Crippen LogP contribution in [0.25, 0.3) is 0 Å². The Morgan fingerprint density at radius 2 is 2.05 bits per heavy atom.